The molecule has 0 saturated carbocycles. The minimum atomic E-state index is -3.91. The lowest BCUT2D eigenvalue weighted by molar-refractivity contribution is 0.0600. The fourth-order valence-electron chi connectivity index (χ4n) is 2.23. The molecular formula is C18H17NO5S. The van der Waals surface area contributed by atoms with E-state index in [1.807, 2.05) is 0 Å². The number of hydrogen-bond acceptors (Lipinski definition) is 5. The predicted octanol–water partition coefficient (Wildman–Crippen LogP) is 2.67. The molecule has 0 atom stereocenters. The van der Waals surface area contributed by atoms with Crippen molar-refractivity contribution in [2.75, 3.05) is 18.5 Å². The van der Waals surface area contributed by atoms with Crippen LogP contribution in [0.25, 0.3) is 0 Å². The van der Waals surface area contributed by atoms with Crippen molar-refractivity contribution in [3.63, 3.8) is 0 Å². The molecule has 0 saturated heterocycles. The highest BCUT2D eigenvalue weighted by Crippen LogP contribution is 2.26. The van der Waals surface area contributed by atoms with Crippen molar-refractivity contribution in [3.8, 4) is 0 Å². The normalized spacial score (nSPS) is 10.8. The average molecular weight is 359 g/mol. The van der Waals surface area contributed by atoms with Gasteiger partial charge in [-0.25, -0.2) is 13.2 Å². The molecule has 0 aliphatic heterocycles. The van der Waals surface area contributed by atoms with Crippen molar-refractivity contribution in [2.45, 2.75) is 4.90 Å². The quantitative estimate of drug-likeness (QED) is 0.450. The Kier molecular flexibility index (Phi) is 5.38. The molecule has 0 amide bonds. The van der Waals surface area contributed by atoms with Crippen LogP contribution in [0.15, 0.2) is 66.1 Å². The summed E-state index contributed by atoms with van der Waals surface area (Å²) in [6.45, 7) is 3.43. The number of sulfonamides is 1. The van der Waals surface area contributed by atoms with Gasteiger partial charge in [-0.3, -0.25) is 9.10 Å². The zero-order chi connectivity index (χ0) is 18.6. The first-order valence-electron chi connectivity index (χ1n) is 7.26. The Morgan fingerprint density at radius 3 is 2.24 bits per heavy atom. The summed E-state index contributed by atoms with van der Waals surface area (Å²) in [6, 6.07) is 11.7. The van der Waals surface area contributed by atoms with Crippen LogP contribution in [-0.4, -0.2) is 34.3 Å². The van der Waals surface area contributed by atoms with Crippen LogP contribution >= 0.6 is 0 Å². The predicted molar refractivity (Wildman–Crippen MR) is 94.3 cm³/mol. The largest absolute Gasteiger partial charge is 0.465 e. The number of ketones is 1. The number of hydrogen-bond donors (Lipinski definition) is 0. The number of carbonyl (C=O) groups excluding carboxylic acids is 2. The number of carbonyl (C=O) groups is 2. The lowest BCUT2D eigenvalue weighted by Crippen LogP contribution is -2.28. The smallest absolute Gasteiger partial charge is 0.337 e. The SMILES string of the molecule is C=CC(=O)c1ccccc1N(C)S(=O)(=O)c1ccc(C(=O)OC)cc1. The third-order valence-electron chi connectivity index (χ3n) is 3.63. The second kappa shape index (κ2) is 7.31. The van der Waals surface area contributed by atoms with Gasteiger partial charge in [-0.15, -0.1) is 0 Å². The van der Waals surface area contributed by atoms with Gasteiger partial charge in [0.15, 0.2) is 5.78 Å². The fourth-order valence-corrected chi connectivity index (χ4v) is 3.45. The van der Waals surface area contributed by atoms with Crippen LogP contribution < -0.4 is 4.31 Å². The molecule has 25 heavy (non-hydrogen) atoms. The monoisotopic (exact) mass is 359 g/mol. The Bertz CT molecular complexity index is 917. The maximum absolute atomic E-state index is 12.8. The van der Waals surface area contributed by atoms with Gasteiger partial charge in [0, 0.05) is 12.6 Å². The molecule has 130 valence electrons. The fraction of sp³-hybridized carbons (Fsp3) is 0.111. The lowest BCUT2D eigenvalue weighted by atomic mass is 10.1. The second-order valence-corrected chi connectivity index (χ2v) is 7.04. The summed E-state index contributed by atoms with van der Waals surface area (Å²) < 4.78 is 31.3. The van der Waals surface area contributed by atoms with Gasteiger partial charge in [0.1, 0.15) is 0 Å². The molecule has 0 radical (unpaired) electrons. The zero-order valence-corrected chi connectivity index (χ0v) is 14.6. The van der Waals surface area contributed by atoms with E-state index in [2.05, 4.69) is 11.3 Å². The molecule has 0 spiro atoms. The van der Waals surface area contributed by atoms with Gasteiger partial charge in [0.25, 0.3) is 10.0 Å². The van der Waals surface area contributed by atoms with E-state index in [4.69, 9.17) is 0 Å². The Hall–Kier alpha value is -2.93. The molecule has 7 heteroatoms. The standard InChI is InChI=1S/C18H17NO5S/c1-4-17(20)15-7-5-6-8-16(15)19(2)25(22,23)14-11-9-13(10-12-14)18(21)24-3/h4-12H,1H2,2-3H3. The minimum absolute atomic E-state index is 0.0106. The molecular weight excluding hydrogens is 342 g/mol. The molecule has 0 aliphatic carbocycles. The minimum Gasteiger partial charge on any atom is -0.465 e. The highest BCUT2D eigenvalue weighted by atomic mass is 32.2. The Morgan fingerprint density at radius 2 is 1.68 bits per heavy atom. The molecule has 0 heterocycles. The number of para-hydroxylation sites is 1. The lowest BCUT2D eigenvalue weighted by Gasteiger charge is -2.21. The van der Waals surface area contributed by atoms with E-state index >= 15 is 0 Å². The highest BCUT2D eigenvalue weighted by molar-refractivity contribution is 7.92. The van der Waals surface area contributed by atoms with Gasteiger partial charge < -0.3 is 4.74 Å². The Labute approximate surface area is 146 Å². The number of ether oxygens (including phenoxy) is 1. The van der Waals surface area contributed by atoms with Gasteiger partial charge in [0.05, 0.1) is 23.3 Å². The van der Waals surface area contributed by atoms with Gasteiger partial charge in [-0.1, -0.05) is 18.7 Å². The van der Waals surface area contributed by atoms with Gasteiger partial charge in [-0.05, 0) is 42.5 Å². The van der Waals surface area contributed by atoms with Gasteiger partial charge >= 0.3 is 5.97 Å². The molecule has 2 aromatic rings. The molecule has 0 fully saturated rings. The van der Waals surface area contributed by atoms with E-state index in [-0.39, 0.29) is 27.5 Å². The van der Waals surface area contributed by atoms with E-state index in [1.165, 1.54) is 50.6 Å². The third-order valence-corrected chi connectivity index (χ3v) is 5.41. The van der Waals surface area contributed by atoms with E-state index in [0.29, 0.717) is 0 Å². The number of esters is 1. The van der Waals surface area contributed by atoms with Gasteiger partial charge in [0.2, 0.25) is 0 Å². The summed E-state index contributed by atoms with van der Waals surface area (Å²) in [6.07, 6.45) is 1.13. The van der Waals surface area contributed by atoms with E-state index < -0.39 is 16.0 Å². The summed E-state index contributed by atoms with van der Waals surface area (Å²) in [7, 11) is -1.31. The van der Waals surface area contributed by atoms with Crippen molar-refractivity contribution in [3.05, 3.63) is 72.3 Å². The maximum atomic E-state index is 12.8. The van der Waals surface area contributed by atoms with Gasteiger partial charge in [-0.2, -0.15) is 0 Å². The highest BCUT2D eigenvalue weighted by Gasteiger charge is 2.24. The molecule has 0 N–H and O–H groups in total. The molecule has 0 aliphatic rings. The number of benzene rings is 2. The van der Waals surface area contributed by atoms with E-state index in [1.54, 1.807) is 12.1 Å². The summed E-state index contributed by atoms with van der Waals surface area (Å²) in [4.78, 5) is 23.4. The summed E-state index contributed by atoms with van der Waals surface area (Å²) in [5.41, 5.74) is 0.713. The number of anilines is 1. The summed E-state index contributed by atoms with van der Waals surface area (Å²) in [5, 5.41) is 0. The zero-order valence-electron chi connectivity index (χ0n) is 13.8. The molecule has 0 aromatic heterocycles. The first-order valence-corrected chi connectivity index (χ1v) is 8.70. The van der Waals surface area contributed by atoms with Crippen LogP contribution in [0.3, 0.4) is 0 Å². The first-order chi connectivity index (χ1) is 11.8. The van der Waals surface area contributed by atoms with Crippen molar-refractivity contribution < 1.29 is 22.7 Å². The van der Waals surface area contributed by atoms with Crippen LogP contribution in [0, 0.1) is 0 Å². The van der Waals surface area contributed by atoms with Crippen LogP contribution in [-0.2, 0) is 14.8 Å². The maximum Gasteiger partial charge on any atom is 0.337 e. The van der Waals surface area contributed by atoms with Crippen LogP contribution in [0.1, 0.15) is 20.7 Å². The van der Waals surface area contributed by atoms with E-state index in [9.17, 15) is 18.0 Å². The average Bonchev–Trinajstić information content (AvgIpc) is 2.66. The topological polar surface area (TPSA) is 80.8 Å². The molecule has 2 aromatic carbocycles. The van der Waals surface area contributed by atoms with Crippen LogP contribution in [0.2, 0.25) is 0 Å². The molecule has 6 nitrogen and oxygen atoms in total. The van der Waals surface area contributed by atoms with Crippen LogP contribution in [0.4, 0.5) is 5.69 Å². The van der Waals surface area contributed by atoms with Crippen molar-refractivity contribution >= 4 is 27.5 Å². The van der Waals surface area contributed by atoms with E-state index in [0.717, 1.165) is 10.4 Å². The summed E-state index contributed by atoms with van der Waals surface area (Å²) >= 11 is 0. The first kappa shape index (κ1) is 18.4. The van der Waals surface area contributed by atoms with Crippen LogP contribution in [0.5, 0.6) is 0 Å². The molecule has 2 rings (SSSR count). The van der Waals surface area contributed by atoms with Crippen molar-refractivity contribution in [1.29, 1.82) is 0 Å². The van der Waals surface area contributed by atoms with Crippen molar-refractivity contribution in [1.82, 2.24) is 0 Å². The van der Waals surface area contributed by atoms with Crippen molar-refractivity contribution in [2.24, 2.45) is 0 Å². The number of rotatable bonds is 6. The Balaban J connectivity index is 2.45. The second-order valence-electron chi connectivity index (χ2n) is 5.07. The number of allylic oxidation sites excluding steroid dienone is 1. The third kappa shape index (κ3) is 3.61. The summed E-state index contributed by atoms with van der Waals surface area (Å²) in [5.74, 6) is -0.932. The molecule has 0 bridgehead atoms. The number of methoxy groups -OCH3 is 1. The molecule has 0 unspecified atom stereocenters. The Morgan fingerprint density at radius 1 is 1.08 bits per heavy atom. The number of nitrogens with zero attached hydrogens (tertiary/aromatic N) is 1.